The average Bonchev–Trinajstić information content (AvgIpc) is 2.23. The van der Waals surface area contributed by atoms with Crippen LogP contribution in [-0.4, -0.2) is 27.5 Å². The second kappa shape index (κ2) is 5.65. The lowest BCUT2D eigenvalue weighted by Gasteiger charge is -2.09. The molecule has 1 aromatic rings. The smallest absolute Gasteiger partial charge is 0.312 e. The van der Waals surface area contributed by atoms with E-state index in [9.17, 15) is 17.6 Å². The van der Waals surface area contributed by atoms with Gasteiger partial charge in [-0.2, -0.15) is 0 Å². The summed E-state index contributed by atoms with van der Waals surface area (Å²) in [5.41, 5.74) is 10.0. The van der Waals surface area contributed by atoms with Gasteiger partial charge < -0.3 is 16.8 Å². The minimum atomic E-state index is -3.84. The molecule has 0 spiro atoms. The summed E-state index contributed by atoms with van der Waals surface area (Å²) in [6.07, 6.45) is 0. The van der Waals surface area contributed by atoms with Gasteiger partial charge in [0.15, 0.2) is 0 Å². The molecule has 0 bridgehead atoms. The Labute approximate surface area is 103 Å². The van der Waals surface area contributed by atoms with E-state index in [4.69, 9.17) is 11.5 Å². The topological polar surface area (TPSA) is 127 Å². The molecule has 0 aliphatic carbocycles. The first-order valence-electron chi connectivity index (χ1n) is 4.91. The van der Waals surface area contributed by atoms with E-state index < -0.39 is 21.9 Å². The van der Waals surface area contributed by atoms with Crippen LogP contribution in [0, 0.1) is 5.82 Å². The maximum Gasteiger partial charge on any atom is 0.312 e. The van der Waals surface area contributed by atoms with Crippen molar-refractivity contribution in [1.82, 2.24) is 10.0 Å². The second-order valence-corrected chi connectivity index (χ2v) is 5.11. The monoisotopic (exact) mass is 276 g/mol. The number of amides is 2. The molecule has 0 saturated heterocycles. The first-order chi connectivity index (χ1) is 8.33. The Balaban J connectivity index is 2.71. The van der Waals surface area contributed by atoms with Gasteiger partial charge >= 0.3 is 6.03 Å². The fourth-order valence-corrected chi connectivity index (χ4v) is 2.36. The third-order valence-electron chi connectivity index (χ3n) is 1.98. The van der Waals surface area contributed by atoms with Crippen molar-refractivity contribution in [2.24, 2.45) is 5.73 Å². The summed E-state index contributed by atoms with van der Waals surface area (Å²) in [5.74, 6) is -0.623. The Hall–Kier alpha value is -1.87. The highest BCUT2D eigenvalue weighted by molar-refractivity contribution is 7.89. The summed E-state index contributed by atoms with van der Waals surface area (Å²) in [6.45, 7) is -0.0161. The molecule has 18 heavy (non-hydrogen) atoms. The van der Waals surface area contributed by atoms with E-state index in [1.807, 2.05) is 0 Å². The van der Waals surface area contributed by atoms with Crippen LogP contribution >= 0.6 is 0 Å². The van der Waals surface area contributed by atoms with Gasteiger partial charge in [0.2, 0.25) is 10.0 Å². The number of nitrogens with one attached hydrogen (secondary N) is 2. The lowest BCUT2D eigenvalue weighted by Crippen LogP contribution is -2.37. The largest absolute Gasteiger partial charge is 0.398 e. The van der Waals surface area contributed by atoms with Crippen molar-refractivity contribution in [3.05, 3.63) is 24.0 Å². The van der Waals surface area contributed by atoms with Gasteiger partial charge in [-0.25, -0.2) is 22.3 Å². The van der Waals surface area contributed by atoms with Gasteiger partial charge in [0.25, 0.3) is 0 Å². The Morgan fingerprint density at radius 2 is 2.00 bits per heavy atom. The molecular formula is C9H13FN4O3S. The van der Waals surface area contributed by atoms with Gasteiger partial charge in [-0.15, -0.1) is 0 Å². The third kappa shape index (κ3) is 3.86. The fourth-order valence-electron chi connectivity index (χ4n) is 1.21. The average molecular weight is 276 g/mol. The molecule has 2 amide bonds. The first kappa shape index (κ1) is 14.2. The van der Waals surface area contributed by atoms with Gasteiger partial charge in [-0.1, -0.05) is 0 Å². The zero-order valence-corrected chi connectivity index (χ0v) is 10.1. The quantitative estimate of drug-likeness (QED) is 0.421. The van der Waals surface area contributed by atoms with Crippen molar-refractivity contribution in [2.45, 2.75) is 4.90 Å². The van der Waals surface area contributed by atoms with Gasteiger partial charge in [0, 0.05) is 13.1 Å². The van der Waals surface area contributed by atoms with Crippen molar-refractivity contribution in [2.75, 3.05) is 18.8 Å². The number of anilines is 1. The Bertz CT molecular complexity index is 547. The zero-order chi connectivity index (χ0) is 13.8. The summed E-state index contributed by atoms with van der Waals surface area (Å²) < 4.78 is 38.5. The maximum absolute atomic E-state index is 12.8. The predicted octanol–water partition coefficient (Wildman–Crippen LogP) is -0.645. The van der Waals surface area contributed by atoms with Crippen LogP contribution in [0.2, 0.25) is 0 Å². The lowest BCUT2D eigenvalue weighted by molar-refractivity contribution is 0.249. The number of carbonyl (C=O) groups excluding carboxylic acids is 1. The molecule has 0 unspecified atom stereocenters. The summed E-state index contributed by atoms with van der Waals surface area (Å²) in [5, 5.41) is 2.21. The molecule has 6 N–H and O–H groups in total. The SMILES string of the molecule is NC(=O)NCCNS(=O)(=O)c1ccc(F)cc1N. The van der Waals surface area contributed by atoms with E-state index in [1.165, 1.54) is 0 Å². The van der Waals surface area contributed by atoms with E-state index in [2.05, 4.69) is 10.0 Å². The highest BCUT2D eigenvalue weighted by atomic mass is 32.2. The number of rotatable bonds is 5. The summed E-state index contributed by atoms with van der Waals surface area (Å²) in [6, 6.07) is 2.22. The third-order valence-corrected chi connectivity index (χ3v) is 3.51. The lowest BCUT2D eigenvalue weighted by atomic mass is 10.3. The standard InChI is InChI=1S/C9H13FN4O3S/c10-6-1-2-8(7(11)5-6)18(16,17)14-4-3-13-9(12)15/h1-2,5,14H,3-4,11H2,(H3,12,13,15). The van der Waals surface area contributed by atoms with E-state index in [0.29, 0.717) is 0 Å². The van der Waals surface area contributed by atoms with Crippen LogP contribution in [0.3, 0.4) is 0 Å². The molecule has 0 saturated carbocycles. The van der Waals surface area contributed by atoms with Crippen LogP contribution in [0.4, 0.5) is 14.9 Å². The molecule has 100 valence electrons. The number of nitrogens with two attached hydrogens (primary N) is 2. The Kier molecular flexibility index (Phi) is 4.45. The zero-order valence-electron chi connectivity index (χ0n) is 9.31. The van der Waals surface area contributed by atoms with Crippen molar-refractivity contribution < 1.29 is 17.6 Å². The van der Waals surface area contributed by atoms with Crippen LogP contribution in [0.1, 0.15) is 0 Å². The van der Waals surface area contributed by atoms with Crippen molar-refractivity contribution in [3.8, 4) is 0 Å². The number of hydrogen-bond donors (Lipinski definition) is 4. The number of benzene rings is 1. The number of nitrogen functional groups attached to an aromatic ring is 1. The highest BCUT2D eigenvalue weighted by Crippen LogP contribution is 2.18. The Morgan fingerprint density at radius 3 is 2.56 bits per heavy atom. The number of sulfonamides is 1. The molecule has 0 aliphatic rings. The van der Waals surface area contributed by atoms with Gasteiger partial charge in [-0.3, -0.25) is 0 Å². The number of halogens is 1. The summed E-state index contributed by atoms with van der Waals surface area (Å²) >= 11 is 0. The molecule has 0 radical (unpaired) electrons. The van der Waals surface area contributed by atoms with E-state index in [1.54, 1.807) is 0 Å². The van der Waals surface area contributed by atoms with Gasteiger partial charge in [-0.05, 0) is 18.2 Å². The molecule has 9 heteroatoms. The van der Waals surface area contributed by atoms with E-state index in [-0.39, 0.29) is 23.7 Å². The minimum absolute atomic E-state index is 0.0374. The molecule has 1 aromatic carbocycles. The molecular weight excluding hydrogens is 263 g/mol. The minimum Gasteiger partial charge on any atom is -0.398 e. The van der Waals surface area contributed by atoms with Gasteiger partial charge in [0.05, 0.1) is 5.69 Å². The molecule has 7 nitrogen and oxygen atoms in total. The number of carbonyl (C=O) groups is 1. The second-order valence-electron chi connectivity index (χ2n) is 3.37. The molecule has 0 atom stereocenters. The molecule has 0 aromatic heterocycles. The van der Waals surface area contributed by atoms with Crippen LogP contribution in [0.15, 0.2) is 23.1 Å². The maximum atomic E-state index is 12.8. The molecule has 0 aliphatic heterocycles. The summed E-state index contributed by atoms with van der Waals surface area (Å²) in [7, 11) is -3.84. The molecule has 0 fully saturated rings. The summed E-state index contributed by atoms with van der Waals surface area (Å²) in [4.78, 5) is 10.1. The Morgan fingerprint density at radius 1 is 1.33 bits per heavy atom. The van der Waals surface area contributed by atoms with Crippen molar-refractivity contribution in [1.29, 1.82) is 0 Å². The highest BCUT2D eigenvalue weighted by Gasteiger charge is 2.17. The van der Waals surface area contributed by atoms with Crippen molar-refractivity contribution >= 4 is 21.7 Å². The van der Waals surface area contributed by atoms with Gasteiger partial charge in [0.1, 0.15) is 10.7 Å². The number of hydrogen-bond acceptors (Lipinski definition) is 4. The number of primary amides is 1. The van der Waals surface area contributed by atoms with Crippen molar-refractivity contribution in [3.63, 3.8) is 0 Å². The molecule has 1 rings (SSSR count). The first-order valence-corrected chi connectivity index (χ1v) is 6.39. The fraction of sp³-hybridized carbons (Fsp3) is 0.222. The number of urea groups is 1. The van der Waals surface area contributed by atoms with Crippen LogP contribution in [0.25, 0.3) is 0 Å². The predicted molar refractivity (Wildman–Crippen MR) is 63.6 cm³/mol. The van der Waals surface area contributed by atoms with E-state index in [0.717, 1.165) is 18.2 Å². The van der Waals surface area contributed by atoms with Crippen LogP contribution < -0.4 is 21.5 Å². The molecule has 0 heterocycles. The van der Waals surface area contributed by atoms with E-state index >= 15 is 0 Å². The van der Waals surface area contributed by atoms with Crippen LogP contribution in [0.5, 0.6) is 0 Å². The van der Waals surface area contributed by atoms with Crippen LogP contribution in [-0.2, 0) is 10.0 Å². The normalized spacial score (nSPS) is 11.2.